The van der Waals surface area contributed by atoms with Crippen LogP contribution in [0.5, 0.6) is 0 Å². The predicted octanol–water partition coefficient (Wildman–Crippen LogP) is 1.59. The van der Waals surface area contributed by atoms with Crippen LogP contribution in [0.15, 0.2) is 18.2 Å². The highest BCUT2D eigenvalue weighted by Crippen LogP contribution is 2.11. The van der Waals surface area contributed by atoms with Gasteiger partial charge < -0.3 is 0 Å². The summed E-state index contributed by atoms with van der Waals surface area (Å²) in [6.07, 6.45) is 0. The maximum Gasteiger partial charge on any atom is 0.375 e. The molecule has 3 nitrogen and oxygen atoms in total. The van der Waals surface area contributed by atoms with E-state index in [0.717, 1.165) is 18.2 Å². The van der Waals surface area contributed by atoms with Gasteiger partial charge in [0.1, 0.15) is 5.56 Å². The Balaban J connectivity index is 3.16. The molecule has 0 heterocycles. The summed E-state index contributed by atoms with van der Waals surface area (Å²) in [7, 11) is 0. The summed E-state index contributed by atoms with van der Waals surface area (Å²) >= 11 is 0. The van der Waals surface area contributed by atoms with Crippen LogP contribution in [0.4, 0.5) is 8.78 Å². The van der Waals surface area contributed by atoms with E-state index in [-0.39, 0.29) is 0 Å². The van der Waals surface area contributed by atoms with Gasteiger partial charge in [0.25, 0.3) is 0 Å². The second-order valence-corrected chi connectivity index (χ2v) is 1.98. The fraction of sp³-hybridized carbons (Fsp3) is 0. The maximum atomic E-state index is 12.7. The smallest absolute Gasteiger partial charge is 0.295 e. The van der Waals surface area contributed by atoms with Crippen LogP contribution >= 0.6 is 0 Å². The Morgan fingerprint density at radius 2 is 2.08 bits per heavy atom. The second-order valence-electron chi connectivity index (χ2n) is 1.98. The van der Waals surface area contributed by atoms with Crippen molar-refractivity contribution in [2.45, 2.75) is 0 Å². The van der Waals surface area contributed by atoms with Crippen LogP contribution in [0.25, 0.3) is 0 Å². The molecule has 0 aromatic heterocycles. The number of carbonyl (C=O) groups excluding carboxylic acids is 1. The van der Waals surface area contributed by atoms with Crippen LogP contribution in [0.3, 0.4) is 0 Å². The predicted molar refractivity (Wildman–Crippen MR) is 34.4 cm³/mol. The normalized spacial score (nSPS) is 9.58. The summed E-state index contributed by atoms with van der Waals surface area (Å²) in [5.41, 5.74) is -0.641. The molecule has 0 unspecified atom stereocenters. The SMILES string of the molecule is O=C(OO)c1cccc(F)c1F. The standard InChI is InChI=1S/C7H4F2O3/c8-5-3-1-2-4(6(5)9)7(10)12-11/h1-3,11H. The van der Waals surface area contributed by atoms with E-state index in [4.69, 9.17) is 5.26 Å². The van der Waals surface area contributed by atoms with Crippen molar-refractivity contribution >= 4 is 5.97 Å². The van der Waals surface area contributed by atoms with Gasteiger partial charge in [0, 0.05) is 0 Å². The summed E-state index contributed by atoms with van der Waals surface area (Å²) in [6, 6.07) is 2.98. The first-order valence-corrected chi connectivity index (χ1v) is 2.96. The van der Waals surface area contributed by atoms with Crippen molar-refractivity contribution in [2.24, 2.45) is 0 Å². The van der Waals surface area contributed by atoms with E-state index in [1.165, 1.54) is 0 Å². The van der Waals surface area contributed by atoms with Crippen molar-refractivity contribution in [1.29, 1.82) is 0 Å². The fourth-order valence-electron chi connectivity index (χ4n) is 0.711. The molecule has 0 radical (unpaired) electrons. The topological polar surface area (TPSA) is 46.5 Å². The summed E-state index contributed by atoms with van der Waals surface area (Å²) in [5, 5.41) is 7.86. The average Bonchev–Trinajstić information content (AvgIpc) is 2.08. The van der Waals surface area contributed by atoms with Crippen molar-refractivity contribution in [3.63, 3.8) is 0 Å². The zero-order chi connectivity index (χ0) is 9.14. The Morgan fingerprint density at radius 3 is 2.67 bits per heavy atom. The Hall–Kier alpha value is -1.49. The van der Waals surface area contributed by atoms with E-state index in [0.29, 0.717) is 0 Å². The van der Waals surface area contributed by atoms with Crippen LogP contribution in [-0.2, 0) is 4.89 Å². The highest BCUT2D eigenvalue weighted by atomic mass is 19.2. The molecule has 64 valence electrons. The van der Waals surface area contributed by atoms with Gasteiger partial charge in [-0.2, -0.15) is 5.26 Å². The van der Waals surface area contributed by atoms with E-state index in [9.17, 15) is 13.6 Å². The zero-order valence-electron chi connectivity index (χ0n) is 5.75. The first-order chi connectivity index (χ1) is 5.66. The molecule has 5 heteroatoms. The number of carbonyl (C=O) groups is 1. The largest absolute Gasteiger partial charge is 0.375 e. The van der Waals surface area contributed by atoms with E-state index in [1.54, 1.807) is 0 Å². The highest BCUT2D eigenvalue weighted by Gasteiger charge is 2.15. The molecule has 0 aliphatic carbocycles. The van der Waals surface area contributed by atoms with Crippen molar-refractivity contribution in [3.05, 3.63) is 35.4 Å². The fourth-order valence-corrected chi connectivity index (χ4v) is 0.711. The van der Waals surface area contributed by atoms with Crippen molar-refractivity contribution in [1.82, 2.24) is 0 Å². The summed E-state index contributed by atoms with van der Waals surface area (Å²) in [5.74, 6) is -3.83. The molecular weight excluding hydrogens is 170 g/mol. The van der Waals surface area contributed by atoms with Crippen LogP contribution < -0.4 is 0 Å². The molecule has 1 aromatic carbocycles. The summed E-state index contributed by atoms with van der Waals surface area (Å²) in [6.45, 7) is 0. The first kappa shape index (κ1) is 8.61. The van der Waals surface area contributed by atoms with Gasteiger partial charge in [-0.05, 0) is 12.1 Å². The van der Waals surface area contributed by atoms with E-state index < -0.39 is 23.2 Å². The molecule has 0 spiro atoms. The minimum absolute atomic E-state index is 0.641. The van der Waals surface area contributed by atoms with Crippen LogP contribution in [0.2, 0.25) is 0 Å². The molecule has 0 aliphatic rings. The Kier molecular flexibility index (Phi) is 2.35. The third-order valence-corrected chi connectivity index (χ3v) is 1.25. The molecule has 0 amide bonds. The number of benzene rings is 1. The molecular formula is C7H4F2O3. The van der Waals surface area contributed by atoms with Crippen molar-refractivity contribution in [2.75, 3.05) is 0 Å². The molecule has 0 aliphatic heterocycles. The van der Waals surface area contributed by atoms with E-state index in [1.807, 2.05) is 0 Å². The number of halogens is 2. The minimum atomic E-state index is -1.34. The van der Waals surface area contributed by atoms with E-state index >= 15 is 0 Å². The number of hydrogen-bond acceptors (Lipinski definition) is 3. The lowest BCUT2D eigenvalue weighted by molar-refractivity contribution is -0.183. The molecule has 0 atom stereocenters. The molecule has 0 fully saturated rings. The first-order valence-electron chi connectivity index (χ1n) is 2.96. The zero-order valence-corrected chi connectivity index (χ0v) is 5.75. The molecule has 0 saturated heterocycles. The van der Waals surface area contributed by atoms with E-state index in [2.05, 4.69) is 4.89 Å². The molecule has 1 aromatic rings. The minimum Gasteiger partial charge on any atom is -0.295 e. The van der Waals surface area contributed by atoms with Gasteiger partial charge in [-0.1, -0.05) is 6.07 Å². The van der Waals surface area contributed by atoms with Gasteiger partial charge in [0.2, 0.25) is 0 Å². The Labute approximate surface area is 66.1 Å². The number of hydrogen-bond donors (Lipinski definition) is 1. The number of rotatable bonds is 1. The van der Waals surface area contributed by atoms with Crippen LogP contribution in [0.1, 0.15) is 10.4 Å². The highest BCUT2D eigenvalue weighted by molar-refractivity contribution is 5.89. The lowest BCUT2D eigenvalue weighted by Gasteiger charge is -1.98. The third kappa shape index (κ3) is 1.40. The molecule has 0 bridgehead atoms. The maximum absolute atomic E-state index is 12.7. The van der Waals surface area contributed by atoms with Gasteiger partial charge in [-0.3, -0.25) is 4.89 Å². The quantitative estimate of drug-likeness (QED) is 0.519. The molecule has 12 heavy (non-hydrogen) atoms. The third-order valence-electron chi connectivity index (χ3n) is 1.25. The molecule has 1 rings (SSSR count). The van der Waals surface area contributed by atoms with Crippen LogP contribution in [0, 0.1) is 11.6 Å². The monoisotopic (exact) mass is 174 g/mol. The average molecular weight is 174 g/mol. The van der Waals surface area contributed by atoms with Gasteiger partial charge in [-0.15, -0.1) is 0 Å². The lowest BCUT2D eigenvalue weighted by Crippen LogP contribution is -2.05. The van der Waals surface area contributed by atoms with Crippen LogP contribution in [-0.4, -0.2) is 11.2 Å². The molecule has 1 N–H and O–H groups in total. The summed E-state index contributed by atoms with van der Waals surface area (Å²) < 4.78 is 25.1. The molecule has 0 saturated carbocycles. The lowest BCUT2D eigenvalue weighted by atomic mass is 10.2. The van der Waals surface area contributed by atoms with Gasteiger partial charge >= 0.3 is 5.97 Å². The van der Waals surface area contributed by atoms with Crippen molar-refractivity contribution < 1.29 is 23.7 Å². The van der Waals surface area contributed by atoms with Gasteiger partial charge in [0.15, 0.2) is 11.6 Å². The van der Waals surface area contributed by atoms with Gasteiger partial charge in [0.05, 0.1) is 0 Å². The summed E-state index contributed by atoms with van der Waals surface area (Å²) in [4.78, 5) is 13.7. The Bertz CT molecular complexity index is 312. The second kappa shape index (κ2) is 3.27. The van der Waals surface area contributed by atoms with Crippen molar-refractivity contribution in [3.8, 4) is 0 Å². The van der Waals surface area contributed by atoms with Gasteiger partial charge in [-0.25, -0.2) is 13.6 Å². The Morgan fingerprint density at radius 1 is 1.42 bits per heavy atom.